The van der Waals surface area contributed by atoms with Crippen molar-refractivity contribution < 1.29 is 0 Å². The van der Waals surface area contributed by atoms with Crippen LogP contribution < -0.4 is 10.9 Å². The Kier molecular flexibility index (Phi) is 3.75. The third kappa shape index (κ3) is 2.45. The van der Waals surface area contributed by atoms with Gasteiger partial charge in [-0.25, -0.2) is 0 Å². The number of rotatable bonds is 3. The van der Waals surface area contributed by atoms with Crippen LogP contribution in [0.4, 0.5) is 11.4 Å². The molecule has 0 saturated carbocycles. The molecule has 0 spiro atoms. The van der Waals surface area contributed by atoms with Gasteiger partial charge in [0.1, 0.15) is 0 Å². The van der Waals surface area contributed by atoms with Crippen molar-refractivity contribution in [1.29, 1.82) is 0 Å². The molecule has 3 nitrogen and oxygen atoms in total. The van der Waals surface area contributed by atoms with Gasteiger partial charge in [-0.3, -0.25) is 4.79 Å². The second-order valence-corrected chi connectivity index (χ2v) is 6.66. The fourth-order valence-corrected chi connectivity index (χ4v) is 3.95. The molecule has 1 aromatic heterocycles. The van der Waals surface area contributed by atoms with Crippen molar-refractivity contribution in [1.82, 2.24) is 4.57 Å². The molecule has 2 heterocycles. The third-order valence-corrected chi connectivity index (χ3v) is 5.10. The Bertz CT molecular complexity index is 977. The van der Waals surface area contributed by atoms with Crippen molar-refractivity contribution in [2.24, 2.45) is 0 Å². The minimum absolute atomic E-state index is 0.00710. The molecule has 1 aliphatic heterocycles. The molecule has 0 atom stereocenters. The predicted molar refractivity (Wildman–Crippen MR) is 100 cm³/mol. The summed E-state index contributed by atoms with van der Waals surface area (Å²) in [6.45, 7) is 4.26. The lowest BCUT2D eigenvalue weighted by atomic mass is 10.0. The quantitative estimate of drug-likeness (QED) is 0.541. The van der Waals surface area contributed by atoms with E-state index in [4.69, 9.17) is 0 Å². The van der Waals surface area contributed by atoms with E-state index in [1.807, 2.05) is 54.7 Å². The maximum absolute atomic E-state index is 13.0. The summed E-state index contributed by atoms with van der Waals surface area (Å²) in [5, 5.41) is 3.46. The minimum atomic E-state index is -0.00710. The fraction of sp³-hybridized carbons (Fsp3) is 0.0500. The lowest BCUT2D eigenvalue weighted by Gasteiger charge is -2.24. The van der Waals surface area contributed by atoms with Crippen molar-refractivity contribution in [3.05, 3.63) is 83.8 Å². The lowest BCUT2D eigenvalue weighted by molar-refractivity contribution is 0.769. The van der Waals surface area contributed by atoms with Gasteiger partial charge in [0.2, 0.25) is 0 Å². The topological polar surface area (TPSA) is 34.0 Å². The normalized spacial score (nSPS) is 12.0. The molecule has 4 heteroatoms. The van der Waals surface area contributed by atoms with Crippen molar-refractivity contribution >= 4 is 23.1 Å². The molecule has 1 N–H and O–H groups in total. The first-order chi connectivity index (χ1) is 11.8. The Morgan fingerprint density at radius 1 is 1.04 bits per heavy atom. The van der Waals surface area contributed by atoms with Crippen molar-refractivity contribution in [2.75, 3.05) is 5.32 Å². The zero-order chi connectivity index (χ0) is 16.5. The second-order valence-electron chi connectivity index (χ2n) is 5.58. The molecule has 0 saturated heterocycles. The number of nitrogens with one attached hydrogen (secondary N) is 1. The Morgan fingerprint density at radius 3 is 2.58 bits per heavy atom. The smallest absolute Gasteiger partial charge is 0.260 e. The number of fused-ring (bicyclic) bond motifs is 2. The van der Waals surface area contributed by atoms with E-state index in [1.165, 1.54) is 0 Å². The van der Waals surface area contributed by atoms with E-state index in [0.717, 1.165) is 26.7 Å². The van der Waals surface area contributed by atoms with E-state index in [0.29, 0.717) is 12.1 Å². The second kappa shape index (κ2) is 6.06. The molecule has 0 bridgehead atoms. The first-order valence-electron chi connectivity index (χ1n) is 7.75. The van der Waals surface area contributed by atoms with Crippen molar-refractivity contribution in [3.8, 4) is 11.1 Å². The Balaban J connectivity index is 1.98. The van der Waals surface area contributed by atoms with Gasteiger partial charge < -0.3 is 9.88 Å². The largest absolute Gasteiger partial charge is 0.353 e. The van der Waals surface area contributed by atoms with Gasteiger partial charge in [-0.05, 0) is 17.7 Å². The monoisotopic (exact) mass is 332 g/mol. The molecule has 0 fully saturated rings. The van der Waals surface area contributed by atoms with Gasteiger partial charge in [0.15, 0.2) is 0 Å². The fourth-order valence-electron chi connectivity index (χ4n) is 2.90. The number of aromatic nitrogens is 1. The molecule has 0 amide bonds. The number of allylic oxidation sites excluding steroid dienone is 1. The number of benzene rings is 2. The molecule has 0 aliphatic carbocycles. The SMILES string of the molecule is C=CCn1cc2c(c(-c3ccccc3)c1=O)Nc1ccccc1S2. The maximum atomic E-state index is 13.0. The van der Waals surface area contributed by atoms with Crippen LogP contribution in [-0.4, -0.2) is 4.57 Å². The molecule has 4 rings (SSSR count). The van der Waals surface area contributed by atoms with Crippen LogP contribution in [0.15, 0.2) is 88.0 Å². The zero-order valence-electron chi connectivity index (χ0n) is 13.0. The van der Waals surface area contributed by atoms with Gasteiger partial charge in [0, 0.05) is 17.6 Å². The zero-order valence-corrected chi connectivity index (χ0v) is 13.8. The van der Waals surface area contributed by atoms with Crippen LogP contribution in [0, 0.1) is 0 Å². The van der Waals surface area contributed by atoms with Gasteiger partial charge in [-0.1, -0.05) is 60.3 Å². The highest BCUT2D eigenvalue weighted by Gasteiger charge is 2.22. The van der Waals surface area contributed by atoms with Crippen LogP contribution in [-0.2, 0) is 6.54 Å². The average Bonchev–Trinajstić information content (AvgIpc) is 2.62. The van der Waals surface area contributed by atoms with Crippen LogP contribution >= 0.6 is 11.8 Å². The molecule has 0 radical (unpaired) electrons. The molecule has 24 heavy (non-hydrogen) atoms. The summed E-state index contributed by atoms with van der Waals surface area (Å²) in [4.78, 5) is 15.2. The van der Waals surface area contributed by atoms with Crippen LogP contribution in [0.1, 0.15) is 0 Å². The van der Waals surface area contributed by atoms with E-state index >= 15 is 0 Å². The van der Waals surface area contributed by atoms with E-state index in [9.17, 15) is 4.79 Å². The summed E-state index contributed by atoms with van der Waals surface area (Å²) < 4.78 is 1.72. The van der Waals surface area contributed by atoms with Crippen LogP contribution in [0.5, 0.6) is 0 Å². The van der Waals surface area contributed by atoms with Crippen LogP contribution in [0.2, 0.25) is 0 Å². The highest BCUT2D eigenvalue weighted by Crippen LogP contribution is 2.46. The number of para-hydroxylation sites is 1. The summed E-state index contributed by atoms with van der Waals surface area (Å²) in [6, 6.07) is 18.0. The number of nitrogens with zero attached hydrogens (tertiary/aromatic N) is 1. The highest BCUT2D eigenvalue weighted by molar-refractivity contribution is 7.99. The Labute approximate surface area is 144 Å². The van der Waals surface area contributed by atoms with Gasteiger partial charge in [0.25, 0.3) is 5.56 Å². The standard InChI is InChI=1S/C20H16N2OS/c1-2-12-22-13-17-19(21-15-10-6-7-11-16(15)24-17)18(20(22)23)14-8-4-3-5-9-14/h2-11,13,21H,1,12H2. The Morgan fingerprint density at radius 2 is 1.79 bits per heavy atom. The number of anilines is 2. The summed E-state index contributed by atoms with van der Waals surface area (Å²) >= 11 is 1.68. The van der Waals surface area contributed by atoms with Crippen LogP contribution in [0.3, 0.4) is 0 Å². The number of hydrogen-bond acceptors (Lipinski definition) is 3. The maximum Gasteiger partial charge on any atom is 0.260 e. The highest BCUT2D eigenvalue weighted by atomic mass is 32.2. The van der Waals surface area contributed by atoms with Crippen molar-refractivity contribution in [3.63, 3.8) is 0 Å². The first-order valence-corrected chi connectivity index (χ1v) is 8.57. The molecule has 0 unspecified atom stereocenters. The molecule has 1 aliphatic rings. The Hall–Kier alpha value is -2.72. The van der Waals surface area contributed by atoms with E-state index in [2.05, 4.69) is 18.0 Å². The van der Waals surface area contributed by atoms with Crippen LogP contribution in [0.25, 0.3) is 11.1 Å². The van der Waals surface area contributed by atoms with Gasteiger partial charge in [-0.15, -0.1) is 6.58 Å². The number of pyridine rings is 1. The first kappa shape index (κ1) is 14.8. The van der Waals surface area contributed by atoms with Gasteiger partial charge in [-0.2, -0.15) is 0 Å². The molecular weight excluding hydrogens is 316 g/mol. The average molecular weight is 332 g/mol. The van der Waals surface area contributed by atoms with Gasteiger partial charge in [0.05, 0.1) is 21.8 Å². The van der Waals surface area contributed by atoms with E-state index in [-0.39, 0.29) is 5.56 Å². The molecule has 2 aromatic carbocycles. The molecular formula is C20H16N2OS. The summed E-state index contributed by atoms with van der Waals surface area (Å²) in [5.74, 6) is 0. The molecule has 118 valence electrons. The van der Waals surface area contributed by atoms with Gasteiger partial charge >= 0.3 is 0 Å². The summed E-state index contributed by atoms with van der Waals surface area (Å²) in [6.07, 6.45) is 3.66. The van der Waals surface area contributed by atoms with E-state index < -0.39 is 0 Å². The van der Waals surface area contributed by atoms with Crippen molar-refractivity contribution in [2.45, 2.75) is 16.3 Å². The summed E-state index contributed by atoms with van der Waals surface area (Å²) in [7, 11) is 0. The minimum Gasteiger partial charge on any atom is -0.353 e. The lowest BCUT2D eigenvalue weighted by Crippen LogP contribution is -2.23. The summed E-state index contributed by atoms with van der Waals surface area (Å²) in [5.41, 5.74) is 3.54. The third-order valence-electron chi connectivity index (χ3n) is 4.00. The molecule has 3 aromatic rings. The predicted octanol–water partition coefficient (Wildman–Crippen LogP) is 4.91. The number of hydrogen-bond donors (Lipinski definition) is 1. The van der Waals surface area contributed by atoms with E-state index in [1.54, 1.807) is 22.4 Å².